The van der Waals surface area contributed by atoms with Gasteiger partial charge in [0.15, 0.2) is 11.6 Å². The summed E-state index contributed by atoms with van der Waals surface area (Å²) in [6.45, 7) is 0. The highest BCUT2D eigenvalue weighted by atomic mass is 79.9. The second-order valence-corrected chi connectivity index (χ2v) is 3.31. The molecule has 0 bridgehead atoms. The molecule has 0 aliphatic carbocycles. The standard InChI is InChI=1S/C9H8BrFO3/c1-13-8-4-6(10)5(3-7(8)11)9(12)14-2/h3-4H,1-2H3. The molecule has 76 valence electrons. The van der Waals surface area contributed by atoms with Crippen molar-refractivity contribution < 1.29 is 18.7 Å². The summed E-state index contributed by atoms with van der Waals surface area (Å²) in [6, 6.07) is 2.44. The van der Waals surface area contributed by atoms with Gasteiger partial charge in [-0.25, -0.2) is 9.18 Å². The fourth-order valence-corrected chi connectivity index (χ4v) is 1.44. The fraction of sp³-hybridized carbons (Fsp3) is 0.222. The molecule has 1 aromatic rings. The van der Waals surface area contributed by atoms with Crippen molar-refractivity contribution in [3.8, 4) is 5.75 Å². The van der Waals surface area contributed by atoms with Crippen molar-refractivity contribution in [3.63, 3.8) is 0 Å². The van der Waals surface area contributed by atoms with Crippen LogP contribution in [0.2, 0.25) is 0 Å². The van der Waals surface area contributed by atoms with Gasteiger partial charge in [-0.3, -0.25) is 0 Å². The fourth-order valence-electron chi connectivity index (χ4n) is 0.951. The lowest BCUT2D eigenvalue weighted by Gasteiger charge is -2.06. The molecule has 1 rings (SSSR count). The molecular weight excluding hydrogens is 255 g/mol. The summed E-state index contributed by atoms with van der Waals surface area (Å²) in [7, 11) is 2.58. The molecule has 1 aromatic carbocycles. The Hall–Kier alpha value is -1.10. The molecule has 5 heteroatoms. The van der Waals surface area contributed by atoms with Crippen LogP contribution >= 0.6 is 15.9 Å². The predicted octanol–water partition coefficient (Wildman–Crippen LogP) is 2.38. The number of rotatable bonds is 2. The number of hydrogen-bond acceptors (Lipinski definition) is 3. The largest absolute Gasteiger partial charge is 0.494 e. The molecule has 3 nitrogen and oxygen atoms in total. The van der Waals surface area contributed by atoms with E-state index >= 15 is 0 Å². The average Bonchev–Trinajstić information content (AvgIpc) is 2.19. The molecule has 0 aliphatic rings. The summed E-state index contributed by atoms with van der Waals surface area (Å²) in [4.78, 5) is 11.1. The number of methoxy groups -OCH3 is 2. The van der Waals surface area contributed by atoms with Crippen molar-refractivity contribution in [1.82, 2.24) is 0 Å². The number of hydrogen-bond donors (Lipinski definition) is 0. The maximum Gasteiger partial charge on any atom is 0.339 e. The van der Waals surface area contributed by atoms with E-state index in [1.165, 1.54) is 20.3 Å². The molecule has 0 aromatic heterocycles. The lowest BCUT2D eigenvalue weighted by atomic mass is 10.2. The first-order valence-electron chi connectivity index (χ1n) is 3.71. The Morgan fingerprint density at radius 3 is 2.57 bits per heavy atom. The molecule has 0 unspecified atom stereocenters. The number of halogens is 2. The van der Waals surface area contributed by atoms with E-state index in [0.29, 0.717) is 4.47 Å². The van der Waals surface area contributed by atoms with Crippen LogP contribution in [0.15, 0.2) is 16.6 Å². The minimum absolute atomic E-state index is 0.0736. The zero-order valence-electron chi connectivity index (χ0n) is 7.64. The summed E-state index contributed by atoms with van der Waals surface area (Å²) in [5.74, 6) is -1.13. The SMILES string of the molecule is COC(=O)c1cc(F)c(OC)cc1Br. The molecule has 0 saturated heterocycles. The van der Waals surface area contributed by atoms with Gasteiger partial charge in [-0.15, -0.1) is 0 Å². The number of carbonyl (C=O) groups excluding carboxylic acids is 1. The van der Waals surface area contributed by atoms with E-state index in [4.69, 9.17) is 4.74 Å². The van der Waals surface area contributed by atoms with Gasteiger partial charge < -0.3 is 9.47 Å². The number of ether oxygens (including phenoxy) is 2. The van der Waals surface area contributed by atoms with Crippen molar-refractivity contribution in [1.29, 1.82) is 0 Å². The van der Waals surface area contributed by atoms with Crippen molar-refractivity contribution in [2.24, 2.45) is 0 Å². The van der Waals surface area contributed by atoms with Crippen LogP contribution in [-0.2, 0) is 4.74 Å². The molecule has 0 amide bonds. The van der Waals surface area contributed by atoms with E-state index in [1.54, 1.807) is 0 Å². The Morgan fingerprint density at radius 2 is 2.07 bits per heavy atom. The first kappa shape index (κ1) is 11.0. The number of esters is 1. The van der Waals surface area contributed by atoms with Gasteiger partial charge in [0.2, 0.25) is 0 Å². The quantitative estimate of drug-likeness (QED) is 0.768. The third-order valence-electron chi connectivity index (χ3n) is 1.65. The minimum Gasteiger partial charge on any atom is -0.494 e. The normalized spacial score (nSPS) is 9.71. The molecular formula is C9H8BrFO3. The molecule has 0 fully saturated rings. The van der Waals surface area contributed by atoms with Gasteiger partial charge in [-0.1, -0.05) is 0 Å². The second kappa shape index (κ2) is 4.41. The van der Waals surface area contributed by atoms with Gasteiger partial charge in [-0.05, 0) is 28.1 Å². The Bertz CT molecular complexity index is 365. The summed E-state index contributed by atoms with van der Waals surface area (Å²) in [5.41, 5.74) is 0.130. The molecule has 0 saturated carbocycles. The molecule has 0 aliphatic heterocycles. The van der Waals surface area contributed by atoms with Gasteiger partial charge in [0.05, 0.1) is 19.8 Å². The van der Waals surface area contributed by atoms with Crippen LogP contribution in [0.25, 0.3) is 0 Å². The Balaban J connectivity index is 3.21. The van der Waals surface area contributed by atoms with Gasteiger partial charge in [-0.2, -0.15) is 0 Å². The smallest absolute Gasteiger partial charge is 0.339 e. The van der Waals surface area contributed by atoms with Gasteiger partial charge in [0.1, 0.15) is 0 Å². The maximum atomic E-state index is 13.2. The Labute approximate surface area is 88.9 Å². The van der Waals surface area contributed by atoms with Crippen molar-refractivity contribution >= 4 is 21.9 Å². The highest BCUT2D eigenvalue weighted by Crippen LogP contribution is 2.26. The number of benzene rings is 1. The van der Waals surface area contributed by atoms with E-state index in [-0.39, 0.29) is 11.3 Å². The second-order valence-electron chi connectivity index (χ2n) is 2.46. The highest BCUT2D eigenvalue weighted by molar-refractivity contribution is 9.10. The summed E-state index contributed by atoms with van der Waals surface area (Å²) in [5, 5.41) is 0. The molecule has 0 N–H and O–H groups in total. The average molecular weight is 263 g/mol. The Morgan fingerprint density at radius 1 is 1.43 bits per heavy atom. The van der Waals surface area contributed by atoms with E-state index in [1.807, 2.05) is 0 Å². The molecule has 0 atom stereocenters. The van der Waals surface area contributed by atoms with Crippen LogP contribution in [0.4, 0.5) is 4.39 Å². The lowest BCUT2D eigenvalue weighted by Crippen LogP contribution is -2.03. The van der Waals surface area contributed by atoms with Crippen molar-refractivity contribution in [2.45, 2.75) is 0 Å². The van der Waals surface area contributed by atoms with E-state index in [0.717, 1.165) is 6.07 Å². The zero-order valence-corrected chi connectivity index (χ0v) is 9.22. The highest BCUT2D eigenvalue weighted by Gasteiger charge is 2.14. The van der Waals surface area contributed by atoms with Gasteiger partial charge in [0.25, 0.3) is 0 Å². The van der Waals surface area contributed by atoms with Gasteiger partial charge >= 0.3 is 5.97 Å². The number of carbonyl (C=O) groups is 1. The third-order valence-corrected chi connectivity index (χ3v) is 2.30. The van der Waals surface area contributed by atoms with E-state index in [2.05, 4.69) is 20.7 Å². The summed E-state index contributed by atoms with van der Waals surface area (Å²) < 4.78 is 22.8. The van der Waals surface area contributed by atoms with Crippen molar-refractivity contribution in [2.75, 3.05) is 14.2 Å². The molecule has 14 heavy (non-hydrogen) atoms. The topological polar surface area (TPSA) is 35.5 Å². The first-order chi connectivity index (χ1) is 6.60. The monoisotopic (exact) mass is 262 g/mol. The third kappa shape index (κ3) is 2.04. The lowest BCUT2D eigenvalue weighted by molar-refractivity contribution is 0.0599. The Kier molecular flexibility index (Phi) is 3.46. The van der Waals surface area contributed by atoms with Crippen LogP contribution in [0.3, 0.4) is 0 Å². The zero-order chi connectivity index (χ0) is 10.7. The summed E-state index contributed by atoms with van der Waals surface area (Å²) in [6.07, 6.45) is 0. The first-order valence-corrected chi connectivity index (χ1v) is 4.50. The van der Waals surface area contributed by atoms with E-state index in [9.17, 15) is 9.18 Å². The van der Waals surface area contributed by atoms with Crippen LogP contribution < -0.4 is 4.74 Å². The van der Waals surface area contributed by atoms with E-state index < -0.39 is 11.8 Å². The van der Waals surface area contributed by atoms with Crippen LogP contribution in [0, 0.1) is 5.82 Å². The maximum absolute atomic E-state index is 13.2. The van der Waals surface area contributed by atoms with Crippen LogP contribution in [-0.4, -0.2) is 20.2 Å². The minimum atomic E-state index is -0.601. The van der Waals surface area contributed by atoms with Gasteiger partial charge in [0, 0.05) is 4.47 Å². The molecule has 0 spiro atoms. The van der Waals surface area contributed by atoms with Crippen LogP contribution in [0.1, 0.15) is 10.4 Å². The van der Waals surface area contributed by atoms with Crippen molar-refractivity contribution in [3.05, 3.63) is 28.0 Å². The molecule has 0 radical (unpaired) electrons. The predicted molar refractivity (Wildman–Crippen MR) is 52.0 cm³/mol. The van der Waals surface area contributed by atoms with Crippen LogP contribution in [0.5, 0.6) is 5.75 Å². The molecule has 0 heterocycles. The summed E-state index contributed by atoms with van der Waals surface area (Å²) >= 11 is 3.12.